The number of carbonyl (C=O) groups excluding carboxylic acids is 2. The second-order valence-corrected chi connectivity index (χ2v) is 5.28. The van der Waals surface area contributed by atoms with Gasteiger partial charge in [-0.25, -0.2) is 13.6 Å². The molecule has 1 atom stereocenters. The van der Waals surface area contributed by atoms with Crippen molar-refractivity contribution in [1.82, 2.24) is 5.32 Å². The maximum Gasteiger partial charge on any atom is 0.318 e. The molecule has 0 spiro atoms. The number of carbonyl (C=O) groups is 2. The standard InChI is InChI=1S/C17H17F2N3O3/c1-10(16(23)22-17(20)24)21-13-5-6-15(14(19)8-13)25-9-11-3-2-4-12(18)7-11/h2-8,10,21H,9H2,1H3,(H3,20,22,23,24). The summed E-state index contributed by atoms with van der Waals surface area (Å²) in [7, 11) is 0. The number of nitrogens with one attached hydrogen (secondary N) is 2. The Kier molecular flexibility index (Phi) is 5.89. The van der Waals surface area contributed by atoms with Crippen LogP contribution in [0, 0.1) is 11.6 Å². The molecule has 0 saturated carbocycles. The summed E-state index contributed by atoms with van der Waals surface area (Å²) in [4.78, 5) is 22.2. The summed E-state index contributed by atoms with van der Waals surface area (Å²) in [5.74, 6) is -1.70. The van der Waals surface area contributed by atoms with Crippen LogP contribution in [-0.2, 0) is 11.4 Å². The van der Waals surface area contributed by atoms with E-state index < -0.39 is 29.6 Å². The normalized spacial score (nSPS) is 11.5. The van der Waals surface area contributed by atoms with Gasteiger partial charge in [0.15, 0.2) is 11.6 Å². The van der Waals surface area contributed by atoms with Crippen LogP contribution >= 0.6 is 0 Å². The molecule has 0 bridgehead atoms. The number of benzene rings is 2. The highest BCUT2D eigenvalue weighted by Gasteiger charge is 2.15. The van der Waals surface area contributed by atoms with E-state index in [-0.39, 0.29) is 12.4 Å². The van der Waals surface area contributed by atoms with Crippen LogP contribution < -0.4 is 21.1 Å². The van der Waals surface area contributed by atoms with Crippen molar-refractivity contribution in [3.63, 3.8) is 0 Å². The number of imide groups is 1. The number of ether oxygens (including phenoxy) is 1. The van der Waals surface area contributed by atoms with Gasteiger partial charge in [-0.15, -0.1) is 0 Å². The van der Waals surface area contributed by atoms with Gasteiger partial charge >= 0.3 is 6.03 Å². The molecular formula is C17H17F2N3O3. The third-order valence-electron chi connectivity index (χ3n) is 3.24. The van der Waals surface area contributed by atoms with E-state index in [2.05, 4.69) is 5.32 Å². The third-order valence-corrected chi connectivity index (χ3v) is 3.24. The first-order chi connectivity index (χ1) is 11.8. The molecule has 132 valence electrons. The van der Waals surface area contributed by atoms with Crippen LogP contribution in [0.3, 0.4) is 0 Å². The first kappa shape index (κ1) is 18.2. The summed E-state index contributed by atoms with van der Waals surface area (Å²) in [6, 6.07) is 8.08. The Bertz CT molecular complexity index is 783. The molecule has 0 fully saturated rings. The molecule has 6 nitrogen and oxygen atoms in total. The molecule has 2 aromatic carbocycles. The average Bonchev–Trinajstić information content (AvgIpc) is 2.53. The number of hydrogen-bond donors (Lipinski definition) is 3. The SMILES string of the molecule is CC(Nc1ccc(OCc2cccc(F)c2)c(F)c1)C(=O)NC(N)=O. The Morgan fingerprint density at radius 2 is 1.96 bits per heavy atom. The molecule has 2 rings (SSSR count). The van der Waals surface area contributed by atoms with Gasteiger partial charge in [-0.1, -0.05) is 12.1 Å². The maximum atomic E-state index is 14.1. The van der Waals surface area contributed by atoms with Crippen LogP contribution in [0.1, 0.15) is 12.5 Å². The minimum absolute atomic E-state index is 0.0101. The first-order valence-electron chi connectivity index (χ1n) is 7.39. The molecule has 2 aromatic rings. The second kappa shape index (κ2) is 8.09. The molecule has 0 radical (unpaired) electrons. The molecule has 4 N–H and O–H groups in total. The van der Waals surface area contributed by atoms with Crippen LogP contribution in [0.15, 0.2) is 42.5 Å². The predicted octanol–water partition coefficient (Wildman–Crippen LogP) is 2.54. The number of anilines is 1. The lowest BCUT2D eigenvalue weighted by atomic mass is 10.2. The predicted molar refractivity (Wildman–Crippen MR) is 87.9 cm³/mol. The molecule has 0 heterocycles. The Labute approximate surface area is 143 Å². The van der Waals surface area contributed by atoms with E-state index in [4.69, 9.17) is 10.5 Å². The van der Waals surface area contributed by atoms with Crippen molar-refractivity contribution < 1.29 is 23.1 Å². The maximum absolute atomic E-state index is 14.1. The molecular weight excluding hydrogens is 332 g/mol. The fourth-order valence-electron chi connectivity index (χ4n) is 2.04. The van der Waals surface area contributed by atoms with Gasteiger partial charge in [-0.2, -0.15) is 0 Å². The fraction of sp³-hybridized carbons (Fsp3) is 0.176. The van der Waals surface area contributed by atoms with E-state index in [9.17, 15) is 18.4 Å². The van der Waals surface area contributed by atoms with Gasteiger partial charge in [0.1, 0.15) is 18.5 Å². The van der Waals surface area contributed by atoms with Gasteiger partial charge in [-0.3, -0.25) is 10.1 Å². The Morgan fingerprint density at radius 3 is 2.60 bits per heavy atom. The molecule has 25 heavy (non-hydrogen) atoms. The Balaban J connectivity index is 1.98. The number of hydrogen-bond acceptors (Lipinski definition) is 4. The van der Waals surface area contributed by atoms with Crippen molar-refractivity contribution in [3.8, 4) is 5.75 Å². The first-order valence-corrected chi connectivity index (χ1v) is 7.39. The lowest BCUT2D eigenvalue weighted by molar-refractivity contribution is -0.120. The third kappa shape index (κ3) is 5.45. The van der Waals surface area contributed by atoms with Crippen molar-refractivity contribution in [3.05, 3.63) is 59.7 Å². The summed E-state index contributed by atoms with van der Waals surface area (Å²) in [5, 5.41) is 4.65. The molecule has 0 aliphatic carbocycles. The van der Waals surface area contributed by atoms with E-state index >= 15 is 0 Å². The zero-order valence-corrected chi connectivity index (χ0v) is 13.4. The summed E-state index contributed by atoms with van der Waals surface area (Å²) < 4.78 is 32.5. The molecule has 0 saturated heterocycles. The summed E-state index contributed by atoms with van der Waals surface area (Å²) in [6.07, 6.45) is 0. The van der Waals surface area contributed by atoms with Crippen molar-refractivity contribution in [2.45, 2.75) is 19.6 Å². The zero-order chi connectivity index (χ0) is 18.4. The summed E-state index contributed by atoms with van der Waals surface area (Å²) in [6.45, 7) is 1.50. The zero-order valence-electron chi connectivity index (χ0n) is 13.4. The lowest BCUT2D eigenvalue weighted by Crippen LogP contribution is -2.43. The van der Waals surface area contributed by atoms with Crippen molar-refractivity contribution in [2.75, 3.05) is 5.32 Å². The van der Waals surface area contributed by atoms with Gasteiger partial charge in [0.25, 0.3) is 0 Å². The molecule has 8 heteroatoms. The van der Waals surface area contributed by atoms with Crippen LogP contribution in [0.25, 0.3) is 0 Å². The fourth-order valence-corrected chi connectivity index (χ4v) is 2.04. The number of halogens is 2. The monoisotopic (exact) mass is 349 g/mol. The van der Waals surface area contributed by atoms with Crippen LogP contribution in [0.5, 0.6) is 5.75 Å². The number of primary amides is 1. The van der Waals surface area contributed by atoms with Crippen LogP contribution in [0.4, 0.5) is 19.3 Å². The van der Waals surface area contributed by atoms with Crippen molar-refractivity contribution >= 4 is 17.6 Å². The molecule has 1 unspecified atom stereocenters. The molecule has 3 amide bonds. The van der Waals surface area contributed by atoms with Gasteiger partial charge in [0.05, 0.1) is 0 Å². The highest BCUT2D eigenvalue weighted by atomic mass is 19.1. The Hall–Kier alpha value is -3.16. The number of rotatable bonds is 6. The highest BCUT2D eigenvalue weighted by Crippen LogP contribution is 2.22. The molecule has 0 aliphatic rings. The lowest BCUT2D eigenvalue weighted by Gasteiger charge is -2.15. The molecule has 0 aromatic heterocycles. The van der Waals surface area contributed by atoms with E-state index in [0.717, 1.165) is 6.07 Å². The number of nitrogens with two attached hydrogens (primary N) is 1. The summed E-state index contributed by atoms with van der Waals surface area (Å²) >= 11 is 0. The van der Waals surface area contributed by atoms with Crippen molar-refractivity contribution in [2.24, 2.45) is 5.73 Å². The van der Waals surface area contributed by atoms with Gasteiger partial charge < -0.3 is 15.8 Å². The van der Waals surface area contributed by atoms with Gasteiger partial charge in [0, 0.05) is 11.8 Å². The summed E-state index contributed by atoms with van der Waals surface area (Å²) in [5.41, 5.74) is 5.75. The number of urea groups is 1. The van der Waals surface area contributed by atoms with Crippen LogP contribution in [-0.4, -0.2) is 18.0 Å². The van der Waals surface area contributed by atoms with E-state index in [0.29, 0.717) is 11.3 Å². The van der Waals surface area contributed by atoms with Crippen molar-refractivity contribution in [1.29, 1.82) is 0 Å². The molecule has 0 aliphatic heterocycles. The minimum Gasteiger partial charge on any atom is -0.486 e. The minimum atomic E-state index is -0.967. The quantitative estimate of drug-likeness (QED) is 0.747. The second-order valence-electron chi connectivity index (χ2n) is 5.28. The topological polar surface area (TPSA) is 93.4 Å². The Morgan fingerprint density at radius 1 is 1.20 bits per heavy atom. The van der Waals surface area contributed by atoms with Gasteiger partial charge in [0.2, 0.25) is 5.91 Å². The smallest absolute Gasteiger partial charge is 0.318 e. The largest absolute Gasteiger partial charge is 0.486 e. The van der Waals surface area contributed by atoms with E-state index in [1.54, 1.807) is 6.07 Å². The highest BCUT2D eigenvalue weighted by molar-refractivity contribution is 5.97. The van der Waals surface area contributed by atoms with Gasteiger partial charge in [-0.05, 0) is 36.8 Å². The van der Waals surface area contributed by atoms with Crippen LogP contribution in [0.2, 0.25) is 0 Å². The van der Waals surface area contributed by atoms with E-state index in [1.165, 1.54) is 37.3 Å². The van der Waals surface area contributed by atoms with E-state index in [1.807, 2.05) is 5.32 Å². The number of amides is 3. The average molecular weight is 349 g/mol.